The second-order valence-corrected chi connectivity index (χ2v) is 7.78. The molecule has 0 unspecified atom stereocenters. The molecule has 0 N–H and O–H groups in total. The summed E-state index contributed by atoms with van der Waals surface area (Å²) in [5.74, 6) is 0.488. The molecule has 25 heavy (non-hydrogen) atoms. The van der Waals surface area contributed by atoms with Crippen LogP contribution in [0.5, 0.6) is 0 Å². The highest BCUT2D eigenvalue weighted by Gasteiger charge is 2.47. The number of amides is 2. The highest BCUT2D eigenvalue weighted by molar-refractivity contribution is 5.81. The van der Waals surface area contributed by atoms with Crippen molar-refractivity contribution in [2.24, 2.45) is 5.92 Å². The lowest BCUT2D eigenvalue weighted by Gasteiger charge is -2.46. The van der Waals surface area contributed by atoms with Crippen molar-refractivity contribution >= 4 is 11.8 Å². The van der Waals surface area contributed by atoms with Crippen molar-refractivity contribution in [3.05, 3.63) is 35.6 Å². The van der Waals surface area contributed by atoms with Crippen molar-refractivity contribution in [3.63, 3.8) is 0 Å². The number of likely N-dealkylation sites (tertiary alicyclic amines) is 2. The van der Waals surface area contributed by atoms with E-state index in [4.69, 9.17) is 0 Å². The van der Waals surface area contributed by atoms with E-state index >= 15 is 0 Å². The fourth-order valence-electron chi connectivity index (χ4n) is 4.48. The molecule has 134 valence electrons. The number of benzene rings is 1. The van der Waals surface area contributed by atoms with E-state index in [1.165, 1.54) is 18.6 Å². The summed E-state index contributed by atoms with van der Waals surface area (Å²) < 4.78 is 13.1. The predicted molar refractivity (Wildman–Crippen MR) is 92.1 cm³/mol. The number of carbonyl (C=O) groups excluding carboxylic acids is 2. The molecule has 5 heteroatoms. The lowest BCUT2D eigenvalue weighted by atomic mass is 9.81. The summed E-state index contributed by atoms with van der Waals surface area (Å²) in [7, 11) is 0. The normalized spacial score (nSPS) is 23.2. The standard InChI is InChI=1S/C20H25FN2O2/c21-17-6-4-15(5-7-17)14-23-18(24)8-9-20(23)10-12-22(13-11-20)19(25)16-2-1-3-16/h4-7,16H,1-3,8-14H2. The van der Waals surface area contributed by atoms with E-state index in [1.54, 1.807) is 12.1 Å². The van der Waals surface area contributed by atoms with Crippen molar-refractivity contribution in [2.75, 3.05) is 13.1 Å². The summed E-state index contributed by atoms with van der Waals surface area (Å²) in [6.45, 7) is 2.04. The van der Waals surface area contributed by atoms with Gasteiger partial charge in [-0.05, 0) is 49.8 Å². The maximum absolute atomic E-state index is 13.1. The van der Waals surface area contributed by atoms with Gasteiger partial charge in [0.25, 0.3) is 0 Å². The zero-order valence-corrected chi connectivity index (χ0v) is 14.5. The molecule has 2 saturated heterocycles. The van der Waals surface area contributed by atoms with E-state index in [1.807, 2.05) is 9.80 Å². The van der Waals surface area contributed by atoms with Crippen molar-refractivity contribution in [2.45, 2.75) is 57.0 Å². The minimum atomic E-state index is -0.256. The first kappa shape index (κ1) is 16.6. The molecule has 1 saturated carbocycles. The average molecular weight is 344 g/mol. The molecule has 2 aliphatic heterocycles. The van der Waals surface area contributed by atoms with Crippen LogP contribution in [0.4, 0.5) is 4.39 Å². The first-order valence-corrected chi connectivity index (χ1v) is 9.41. The zero-order valence-electron chi connectivity index (χ0n) is 14.5. The first-order valence-electron chi connectivity index (χ1n) is 9.41. The summed E-state index contributed by atoms with van der Waals surface area (Å²) in [6.07, 6.45) is 6.42. The van der Waals surface area contributed by atoms with Gasteiger partial charge in [-0.2, -0.15) is 0 Å². The Kier molecular flexibility index (Phi) is 4.26. The van der Waals surface area contributed by atoms with Crippen LogP contribution in [-0.2, 0) is 16.1 Å². The molecule has 1 aromatic rings. The van der Waals surface area contributed by atoms with Crippen LogP contribution < -0.4 is 0 Å². The van der Waals surface area contributed by atoms with E-state index < -0.39 is 0 Å². The van der Waals surface area contributed by atoms with Crippen LogP contribution in [0.15, 0.2) is 24.3 Å². The third-order valence-electron chi connectivity index (χ3n) is 6.39. The molecule has 3 fully saturated rings. The molecule has 1 aromatic carbocycles. The lowest BCUT2D eigenvalue weighted by Crippen LogP contribution is -2.55. The van der Waals surface area contributed by atoms with Gasteiger partial charge in [0, 0.05) is 37.5 Å². The molecule has 0 bridgehead atoms. The predicted octanol–water partition coefficient (Wildman–Crippen LogP) is 3.11. The molecule has 3 aliphatic rings. The van der Waals surface area contributed by atoms with E-state index in [-0.39, 0.29) is 23.2 Å². The summed E-state index contributed by atoms with van der Waals surface area (Å²) in [5, 5.41) is 0. The number of hydrogen-bond donors (Lipinski definition) is 0. The number of carbonyl (C=O) groups is 2. The number of hydrogen-bond acceptors (Lipinski definition) is 2. The second kappa shape index (κ2) is 6.43. The minimum Gasteiger partial charge on any atom is -0.342 e. The molecule has 4 rings (SSSR count). The van der Waals surface area contributed by atoms with Crippen LogP contribution in [-0.4, -0.2) is 40.2 Å². The van der Waals surface area contributed by atoms with Crippen molar-refractivity contribution in [3.8, 4) is 0 Å². The quantitative estimate of drug-likeness (QED) is 0.845. The lowest BCUT2D eigenvalue weighted by molar-refractivity contribution is -0.142. The van der Waals surface area contributed by atoms with Gasteiger partial charge in [0.2, 0.25) is 11.8 Å². The van der Waals surface area contributed by atoms with Gasteiger partial charge in [-0.3, -0.25) is 9.59 Å². The van der Waals surface area contributed by atoms with Crippen molar-refractivity contribution < 1.29 is 14.0 Å². The molecule has 0 atom stereocenters. The smallest absolute Gasteiger partial charge is 0.225 e. The Hall–Kier alpha value is -1.91. The monoisotopic (exact) mass is 344 g/mol. The Labute approximate surface area is 148 Å². The van der Waals surface area contributed by atoms with Gasteiger partial charge in [0.05, 0.1) is 0 Å². The Morgan fingerprint density at radius 3 is 2.40 bits per heavy atom. The van der Waals surface area contributed by atoms with Gasteiger partial charge < -0.3 is 9.80 Å². The fourth-order valence-corrected chi connectivity index (χ4v) is 4.48. The van der Waals surface area contributed by atoms with E-state index in [9.17, 15) is 14.0 Å². The maximum atomic E-state index is 13.1. The molecular weight excluding hydrogens is 319 g/mol. The number of rotatable bonds is 3. The average Bonchev–Trinajstić information content (AvgIpc) is 2.85. The fraction of sp³-hybridized carbons (Fsp3) is 0.600. The Bertz CT molecular complexity index is 661. The molecule has 2 heterocycles. The third-order valence-corrected chi connectivity index (χ3v) is 6.39. The molecular formula is C20H25FN2O2. The Morgan fingerprint density at radius 2 is 1.80 bits per heavy atom. The molecule has 1 spiro atoms. The summed E-state index contributed by atoms with van der Waals surface area (Å²) >= 11 is 0. The van der Waals surface area contributed by atoms with E-state index in [2.05, 4.69) is 0 Å². The minimum absolute atomic E-state index is 0.123. The van der Waals surface area contributed by atoms with Crippen LogP contribution in [0.1, 0.15) is 50.5 Å². The SMILES string of the molecule is O=C(C1CCC1)N1CCC2(CCC(=O)N2Cc2ccc(F)cc2)CC1. The maximum Gasteiger partial charge on any atom is 0.225 e. The van der Waals surface area contributed by atoms with Crippen LogP contribution in [0, 0.1) is 11.7 Å². The van der Waals surface area contributed by atoms with Crippen LogP contribution >= 0.6 is 0 Å². The Balaban J connectivity index is 1.44. The van der Waals surface area contributed by atoms with Gasteiger partial charge in [-0.15, -0.1) is 0 Å². The van der Waals surface area contributed by atoms with Gasteiger partial charge in [0.1, 0.15) is 5.82 Å². The molecule has 0 aromatic heterocycles. The number of piperidine rings is 1. The van der Waals surface area contributed by atoms with Gasteiger partial charge >= 0.3 is 0 Å². The summed E-state index contributed by atoms with van der Waals surface area (Å²) in [5.41, 5.74) is 0.839. The van der Waals surface area contributed by atoms with Crippen LogP contribution in [0.2, 0.25) is 0 Å². The Morgan fingerprint density at radius 1 is 1.12 bits per heavy atom. The topological polar surface area (TPSA) is 40.6 Å². The van der Waals surface area contributed by atoms with Crippen LogP contribution in [0.25, 0.3) is 0 Å². The molecule has 0 radical (unpaired) electrons. The van der Waals surface area contributed by atoms with Crippen molar-refractivity contribution in [1.82, 2.24) is 9.80 Å². The van der Waals surface area contributed by atoms with Gasteiger partial charge in [-0.25, -0.2) is 4.39 Å². The number of halogens is 1. The van der Waals surface area contributed by atoms with Crippen LogP contribution in [0.3, 0.4) is 0 Å². The van der Waals surface area contributed by atoms with E-state index in [0.29, 0.717) is 18.9 Å². The van der Waals surface area contributed by atoms with E-state index in [0.717, 1.165) is 50.8 Å². The van der Waals surface area contributed by atoms with Gasteiger partial charge in [-0.1, -0.05) is 18.6 Å². The highest BCUT2D eigenvalue weighted by atomic mass is 19.1. The largest absolute Gasteiger partial charge is 0.342 e. The second-order valence-electron chi connectivity index (χ2n) is 7.78. The molecule has 2 amide bonds. The third kappa shape index (κ3) is 3.05. The summed E-state index contributed by atoms with van der Waals surface area (Å²) in [4.78, 5) is 28.9. The molecule has 4 nitrogen and oxygen atoms in total. The first-order chi connectivity index (χ1) is 12.1. The highest BCUT2D eigenvalue weighted by Crippen LogP contribution is 2.41. The summed E-state index contributed by atoms with van der Waals surface area (Å²) in [6, 6.07) is 6.40. The van der Waals surface area contributed by atoms with Crippen molar-refractivity contribution in [1.29, 1.82) is 0 Å². The number of nitrogens with zero attached hydrogens (tertiary/aromatic N) is 2. The molecule has 1 aliphatic carbocycles. The zero-order chi connectivity index (χ0) is 17.4. The van der Waals surface area contributed by atoms with Gasteiger partial charge in [0.15, 0.2) is 0 Å².